The minimum Gasteiger partial charge on any atom is -0.366 e. The number of hydrogen-bond donors (Lipinski definition) is 2. The first-order valence-corrected chi connectivity index (χ1v) is 7.94. The van der Waals surface area contributed by atoms with E-state index in [1.165, 1.54) is 18.4 Å². The van der Waals surface area contributed by atoms with Crippen LogP contribution in [0.4, 0.5) is 11.5 Å². The van der Waals surface area contributed by atoms with E-state index in [1.54, 1.807) is 12.1 Å². The number of anilines is 2. The van der Waals surface area contributed by atoms with Gasteiger partial charge >= 0.3 is 0 Å². The molecular weight excluding hydrogens is 288 g/mol. The highest BCUT2D eigenvalue weighted by Gasteiger charge is 2.21. The summed E-state index contributed by atoms with van der Waals surface area (Å²) in [6.45, 7) is 6.48. The molecular formula is C18H22N4O. The Balaban J connectivity index is 1.63. The number of aromatic nitrogens is 2. The van der Waals surface area contributed by atoms with Crippen molar-refractivity contribution < 1.29 is 4.79 Å². The first-order valence-electron chi connectivity index (χ1n) is 7.94. The Hall–Kier alpha value is -2.43. The van der Waals surface area contributed by atoms with Crippen LogP contribution in [0.2, 0.25) is 0 Å². The Morgan fingerprint density at radius 1 is 1.04 bits per heavy atom. The number of nitrogens with zero attached hydrogens (tertiary/aromatic N) is 2. The van der Waals surface area contributed by atoms with Crippen molar-refractivity contribution in [1.82, 2.24) is 10.2 Å². The fraction of sp³-hybridized carbons (Fsp3) is 0.389. The molecule has 3 rings (SSSR count). The third-order valence-corrected chi connectivity index (χ3v) is 3.84. The van der Waals surface area contributed by atoms with Gasteiger partial charge in [-0.25, -0.2) is 0 Å². The Kier molecular flexibility index (Phi) is 4.03. The molecule has 5 heteroatoms. The molecule has 0 saturated heterocycles. The molecule has 0 spiro atoms. The molecule has 0 unspecified atom stereocenters. The van der Waals surface area contributed by atoms with Gasteiger partial charge < -0.3 is 10.6 Å². The van der Waals surface area contributed by atoms with Gasteiger partial charge in [0.2, 0.25) is 0 Å². The van der Waals surface area contributed by atoms with Crippen molar-refractivity contribution in [3.63, 3.8) is 0 Å². The number of hydrogen-bond acceptors (Lipinski definition) is 4. The molecule has 1 fully saturated rings. The fourth-order valence-electron chi connectivity index (χ4n) is 2.22. The van der Waals surface area contributed by atoms with Crippen LogP contribution in [0.1, 0.15) is 49.7 Å². The SMILES string of the molecule is CC(C)(C)c1ccc(NC(=O)c2ccc(NC3CC3)nn2)cc1. The van der Waals surface area contributed by atoms with Crippen molar-refractivity contribution in [2.24, 2.45) is 0 Å². The van der Waals surface area contributed by atoms with Gasteiger partial charge in [0.05, 0.1) is 0 Å². The highest BCUT2D eigenvalue weighted by atomic mass is 16.1. The molecule has 1 amide bonds. The van der Waals surface area contributed by atoms with Crippen molar-refractivity contribution >= 4 is 17.4 Å². The summed E-state index contributed by atoms with van der Waals surface area (Å²) in [6, 6.07) is 11.9. The average molecular weight is 310 g/mol. The summed E-state index contributed by atoms with van der Waals surface area (Å²) in [5.74, 6) is 0.470. The molecule has 1 aromatic heterocycles. The van der Waals surface area contributed by atoms with Gasteiger partial charge in [-0.2, -0.15) is 0 Å². The van der Waals surface area contributed by atoms with Crippen molar-refractivity contribution in [1.29, 1.82) is 0 Å². The number of carbonyl (C=O) groups excluding carboxylic acids is 1. The second-order valence-electron chi connectivity index (χ2n) is 7.00. The van der Waals surface area contributed by atoms with Gasteiger partial charge in [0.25, 0.3) is 5.91 Å². The molecule has 0 atom stereocenters. The first kappa shape index (κ1) is 15.5. The van der Waals surface area contributed by atoms with E-state index < -0.39 is 0 Å². The largest absolute Gasteiger partial charge is 0.366 e. The maximum Gasteiger partial charge on any atom is 0.276 e. The van der Waals surface area contributed by atoms with Crippen LogP contribution < -0.4 is 10.6 Å². The molecule has 1 aromatic carbocycles. The van der Waals surface area contributed by atoms with Crippen LogP contribution >= 0.6 is 0 Å². The number of carbonyl (C=O) groups is 1. The van der Waals surface area contributed by atoms with E-state index in [0.29, 0.717) is 11.7 Å². The van der Waals surface area contributed by atoms with Crippen LogP contribution in [-0.4, -0.2) is 22.1 Å². The zero-order chi connectivity index (χ0) is 16.4. The van der Waals surface area contributed by atoms with Gasteiger partial charge in [-0.05, 0) is 48.1 Å². The molecule has 0 radical (unpaired) electrons. The maximum atomic E-state index is 12.2. The van der Waals surface area contributed by atoms with Crippen LogP contribution in [-0.2, 0) is 5.41 Å². The Morgan fingerprint density at radius 3 is 2.26 bits per heavy atom. The molecule has 2 aromatic rings. The van der Waals surface area contributed by atoms with Gasteiger partial charge in [0.1, 0.15) is 5.82 Å². The lowest BCUT2D eigenvalue weighted by atomic mass is 9.87. The van der Waals surface area contributed by atoms with Crippen LogP contribution in [0.15, 0.2) is 36.4 Å². The maximum absolute atomic E-state index is 12.2. The molecule has 1 aliphatic rings. The number of rotatable bonds is 4. The van der Waals surface area contributed by atoms with E-state index in [2.05, 4.69) is 41.6 Å². The summed E-state index contributed by atoms with van der Waals surface area (Å²) in [7, 11) is 0. The Morgan fingerprint density at radius 2 is 1.74 bits per heavy atom. The molecule has 2 N–H and O–H groups in total. The monoisotopic (exact) mass is 310 g/mol. The molecule has 0 aliphatic heterocycles. The lowest BCUT2D eigenvalue weighted by Gasteiger charge is -2.19. The summed E-state index contributed by atoms with van der Waals surface area (Å²) in [5, 5.41) is 14.1. The summed E-state index contributed by atoms with van der Waals surface area (Å²) in [4.78, 5) is 12.2. The minimum absolute atomic E-state index is 0.0956. The fourth-order valence-corrected chi connectivity index (χ4v) is 2.22. The van der Waals surface area contributed by atoms with Crippen LogP contribution in [0.3, 0.4) is 0 Å². The second kappa shape index (κ2) is 5.99. The van der Waals surface area contributed by atoms with Crippen LogP contribution in [0.25, 0.3) is 0 Å². The summed E-state index contributed by atoms with van der Waals surface area (Å²) < 4.78 is 0. The Bertz CT molecular complexity index is 682. The van der Waals surface area contributed by atoms with Crippen molar-refractivity contribution in [2.75, 3.05) is 10.6 Å². The summed E-state index contributed by atoms with van der Waals surface area (Å²) >= 11 is 0. The van der Waals surface area contributed by atoms with Crippen LogP contribution in [0, 0.1) is 0 Å². The molecule has 1 saturated carbocycles. The lowest BCUT2D eigenvalue weighted by molar-refractivity contribution is 0.102. The average Bonchev–Trinajstić information content (AvgIpc) is 3.31. The predicted molar refractivity (Wildman–Crippen MR) is 91.8 cm³/mol. The normalized spacial score (nSPS) is 14.4. The standard InChI is InChI=1S/C18H22N4O/c1-18(2,3)12-4-6-14(7-5-12)20-17(23)15-10-11-16(22-21-15)19-13-8-9-13/h4-7,10-11,13H,8-9H2,1-3H3,(H,19,22)(H,20,23). The summed E-state index contributed by atoms with van der Waals surface area (Å²) in [6.07, 6.45) is 2.35. The molecule has 23 heavy (non-hydrogen) atoms. The summed E-state index contributed by atoms with van der Waals surface area (Å²) in [5.41, 5.74) is 2.39. The molecule has 5 nitrogen and oxygen atoms in total. The van der Waals surface area contributed by atoms with Gasteiger partial charge in [0.15, 0.2) is 5.69 Å². The van der Waals surface area contributed by atoms with Crippen LogP contribution in [0.5, 0.6) is 0 Å². The first-order chi connectivity index (χ1) is 10.9. The quantitative estimate of drug-likeness (QED) is 0.905. The van der Waals surface area contributed by atoms with Gasteiger partial charge in [-0.1, -0.05) is 32.9 Å². The van der Waals surface area contributed by atoms with E-state index in [4.69, 9.17) is 0 Å². The van der Waals surface area contributed by atoms with E-state index in [1.807, 2.05) is 24.3 Å². The minimum atomic E-state index is -0.251. The number of amides is 1. The van der Waals surface area contributed by atoms with E-state index in [0.717, 1.165) is 11.5 Å². The van der Waals surface area contributed by atoms with Gasteiger partial charge in [-0.3, -0.25) is 4.79 Å². The number of nitrogens with one attached hydrogen (secondary N) is 2. The van der Waals surface area contributed by atoms with E-state index >= 15 is 0 Å². The molecule has 120 valence electrons. The second-order valence-corrected chi connectivity index (χ2v) is 7.00. The lowest BCUT2D eigenvalue weighted by Crippen LogP contribution is -2.16. The highest BCUT2D eigenvalue weighted by molar-refractivity contribution is 6.02. The highest BCUT2D eigenvalue weighted by Crippen LogP contribution is 2.24. The molecule has 0 bridgehead atoms. The molecule has 1 aliphatic carbocycles. The van der Waals surface area contributed by atoms with Gasteiger partial charge in [0, 0.05) is 11.7 Å². The predicted octanol–water partition coefficient (Wildman–Crippen LogP) is 3.60. The van der Waals surface area contributed by atoms with E-state index in [-0.39, 0.29) is 11.3 Å². The molecule has 1 heterocycles. The Labute approximate surface area is 136 Å². The van der Waals surface area contributed by atoms with Crippen molar-refractivity contribution in [3.05, 3.63) is 47.7 Å². The van der Waals surface area contributed by atoms with Crippen molar-refractivity contribution in [2.45, 2.75) is 45.1 Å². The third-order valence-electron chi connectivity index (χ3n) is 3.84. The zero-order valence-corrected chi connectivity index (χ0v) is 13.8. The van der Waals surface area contributed by atoms with Gasteiger partial charge in [-0.15, -0.1) is 10.2 Å². The number of benzene rings is 1. The topological polar surface area (TPSA) is 66.9 Å². The van der Waals surface area contributed by atoms with E-state index in [9.17, 15) is 4.79 Å². The third kappa shape index (κ3) is 4.06. The van der Waals surface area contributed by atoms with Crippen molar-refractivity contribution in [3.8, 4) is 0 Å². The zero-order valence-electron chi connectivity index (χ0n) is 13.8. The smallest absolute Gasteiger partial charge is 0.276 e.